The van der Waals surface area contributed by atoms with Gasteiger partial charge in [0, 0.05) is 68.3 Å². The molecule has 146 valence electrons. The van der Waals surface area contributed by atoms with Crippen molar-refractivity contribution in [1.82, 2.24) is 19.3 Å². The lowest BCUT2D eigenvalue weighted by Gasteiger charge is -2.36. The summed E-state index contributed by atoms with van der Waals surface area (Å²) in [5.74, 6) is 0. The maximum atomic E-state index is 6.08. The third-order valence-electron chi connectivity index (χ3n) is 5.54. The minimum atomic E-state index is 0.739. The zero-order chi connectivity index (χ0) is 19.6. The fourth-order valence-electron chi connectivity index (χ4n) is 4.01. The molecule has 4 heterocycles. The maximum absolute atomic E-state index is 6.08. The van der Waals surface area contributed by atoms with Crippen molar-refractivity contribution >= 4 is 17.0 Å². The van der Waals surface area contributed by atoms with Gasteiger partial charge in [-0.3, -0.25) is 9.88 Å². The summed E-state index contributed by atoms with van der Waals surface area (Å²) in [6, 6.07) is 18.5. The van der Waals surface area contributed by atoms with Crippen LogP contribution in [0.5, 0.6) is 0 Å². The Bertz CT molecular complexity index is 1100. The molecular formula is C23H24N6. The molecule has 0 saturated carbocycles. The molecule has 6 heteroatoms. The van der Waals surface area contributed by atoms with Crippen molar-refractivity contribution < 1.29 is 0 Å². The van der Waals surface area contributed by atoms with Gasteiger partial charge in [0.25, 0.3) is 0 Å². The summed E-state index contributed by atoms with van der Waals surface area (Å²) in [6.07, 6.45) is 5.64. The third kappa shape index (κ3) is 3.54. The summed E-state index contributed by atoms with van der Waals surface area (Å²) >= 11 is 0. The molecule has 1 saturated heterocycles. The molecule has 29 heavy (non-hydrogen) atoms. The molecule has 0 atom stereocenters. The van der Waals surface area contributed by atoms with E-state index in [1.165, 1.54) is 5.69 Å². The molecule has 4 aromatic rings. The minimum absolute atomic E-state index is 0.739. The van der Waals surface area contributed by atoms with Crippen LogP contribution >= 0.6 is 0 Å². The van der Waals surface area contributed by atoms with Crippen LogP contribution < -0.4 is 10.6 Å². The molecule has 0 aliphatic carbocycles. The van der Waals surface area contributed by atoms with Gasteiger partial charge in [0.05, 0.1) is 11.4 Å². The van der Waals surface area contributed by atoms with Crippen molar-refractivity contribution in [3.8, 4) is 11.3 Å². The normalized spacial score (nSPS) is 15.1. The first kappa shape index (κ1) is 17.7. The van der Waals surface area contributed by atoms with E-state index in [0.717, 1.165) is 61.0 Å². The van der Waals surface area contributed by atoms with E-state index in [2.05, 4.69) is 55.6 Å². The highest BCUT2D eigenvalue weighted by atomic mass is 15.3. The molecule has 0 amide bonds. The number of para-hydroxylation sites is 1. The summed E-state index contributed by atoms with van der Waals surface area (Å²) < 4.78 is 2.13. The van der Waals surface area contributed by atoms with Gasteiger partial charge in [0.2, 0.25) is 0 Å². The van der Waals surface area contributed by atoms with E-state index < -0.39 is 0 Å². The van der Waals surface area contributed by atoms with Gasteiger partial charge >= 0.3 is 0 Å². The van der Waals surface area contributed by atoms with E-state index in [1.54, 1.807) is 6.20 Å². The molecule has 5 rings (SSSR count). The van der Waals surface area contributed by atoms with Crippen LogP contribution in [0, 0.1) is 0 Å². The Kier molecular flexibility index (Phi) is 4.62. The number of nitrogen functional groups attached to an aromatic ring is 1. The second-order valence-corrected chi connectivity index (χ2v) is 7.44. The summed E-state index contributed by atoms with van der Waals surface area (Å²) in [7, 11) is 0. The Morgan fingerprint density at radius 2 is 1.72 bits per heavy atom. The first-order chi connectivity index (χ1) is 14.3. The summed E-state index contributed by atoms with van der Waals surface area (Å²) in [4.78, 5) is 14.1. The number of imidazole rings is 1. The second kappa shape index (κ2) is 7.56. The van der Waals surface area contributed by atoms with E-state index in [0.29, 0.717) is 0 Å². The number of aromatic nitrogens is 3. The van der Waals surface area contributed by atoms with Crippen LogP contribution in [0.4, 0.5) is 11.4 Å². The van der Waals surface area contributed by atoms with Gasteiger partial charge in [-0.25, -0.2) is 4.98 Å². The van der Waals surface area contributed by atoms with Gasteiger partial charge in [-0.05, 0) is 36.4 Å². The summed E-state index contributed by atoms with van der Waals surface area (Å²) in [5, 5.41) is 0. The molecule has 0 unspecified atom stereocenters. The number of hydrogen-bond acceptors (Lipinski definition) is 5. The van der Waals surface area contributed by atoms with Crippen molar-refractivity contribution in [3.05, 3.63) is 78.9 Å². The van der Waals surface area contributed by atoms with Crippen molar-refractivity contribution in [2.75, 3.05) is 36.8 Å². The number of piperazine rings is 1. The zero-order valence-electron chi connectivity index (χ0n) is 16.3. The quantitative estimate of drug-likeness (QED) is 0.585. The molecule has 1 fully saturated rings. The number of rotatable bonds is 4. The van der Waals surface area contributed by atoms with E-state index in [1.807, 2.05) is 30.6 Å². The van der Waals surface area contributed by atoms with Crippen LogP contribution in [0.1, 0.15) is 5.69 Å². The average molecular weight is 384 g/mol. The van der Waals surface area contributed by atoms with Crippen molar-refractivity contribution in [2.45, 2.75) is 6.54 Å². The van der Waals surface area contributed by atoms with Gasteiger partial charge < -0.3 is 15.0 Å². The highest BCUT2D eigenvalue weighted by molar-refractivity contribution is 5.66. The number of hydrogen-bond donors (Lipinski definition) is 1. The van der Waals surface area contributed by atoms with Crippen molar-refractivity contribution in [1.29, 1.82) is 0 Å². The van der Waals surface area contributed by atoms with Crippen molar-refractivity contribution in [2.24, 2.45) is 0 Å². The molecule has 6 nitrogen and oxygen atoms in total. The van der Waals surface area contributed by atoms with Gasteiger partial charge in [-0.1, -0.05) is 18.2 Å². The largest absolute Gasteiger partial charge is 0.398 e. The van der Waals surface area contributed by atoms with E-state index in [9.17, 15) is 0 Å². The highest BCUT2D eigenvalue weighted by Crippen LogP contribution is 2.26. The minimum Gasteiger partial charge on any atom is -0.398 e. The number of pyridine rings is 2. The summed E-state index contributed by atoms with van der Waals surface area (Å²) in [5.41, 5.74) is 12.2. The first-order valence-corrected chi connectivity index (χ1v) is 9.97. The lowest BCUT2D eigenvalue weighted by Crippen LogP contribution is -2.46. The van der Waals surface area contributed by atoms with Crippen LogP contribution in [-0.4, -0.2) is 45.4 Å². The predicted octanol–water partition coefficient (Wildman–Crippen LogP) is 3.30. The molecular weight excluding hydrogens is 360 g/mol. The Hall–Kier alpha value is -3.38. The fraction of sp³-hybridized carbons (Fsp3) is 0.217. The maximum Gasteiger partial charge on any atom is 0.137 e. The molecule has 0 radical (unpaired) electrons. The Balaban J connectivity index is 1.42. The third-order valence-corrected chi connectivity index (χ3v) is 5.54. The van der Waals surface area contributed by atoms with Crippen LogP contribution in [0.3, 0.4) is 0 Å². The van der Waals surface area contributed by atoms with Crippen LogP contribution in [0.25, 0.3) is 16.9 Å². The van der Waals surface area contributed by atoms with Crippen LogP contribution in [0.2, 0.25) is 0 Å². The standard InChI is InChI=1S/C23H24N6/c24-19-8-9-22-26-23(18-5-4-10-25-15-18)21(29(22)16-19)17-27-11-13-28(14-12-27)20-6-2-1-3-7-20/h1-10,15-16H,11-14,17,24H2. The van der Waals surface area contributed by atoms with Crippen LogP contribution in [-0.2, 0) is 6.54 Å². The monoisotopic (exact) mass is 384 g/mol. The van der Waals surface area contributed by atoms with Gasteiger partial charge in [0.1, 0.15) is 5.65 Å². The molecule has 1 aliphatic heterocycles. The molecule has 3 aromatic heterocycles. The Morgan fingerprint density at radius 1 is 0.897 bits per heavy atom. The predicted molar refractivity (Wildman–Crippen MR) is 117 cm³/mol. The smallest absolute Gasteiger partial charge is 0.137 e. The first-order valence-electron chi connectivity index (χ1n) is 9.97. The Labute approximate surface area is 170 Å². The fourth-order valence-corrected chi connectivity index (χ4v) is 4.01. The molecule has 0 spiro atoms. The average Bonchev–Trinajstić information content (AvgIpc) is 3.13. The number of benzene rings is 1. The number of fused-ring (bicyclic) bond motifs is 1. The topological polar surface area (TPSA) is 62.7 Å². The Morgan fingerprint density at radius 3 is 2.48 bits per heavy atom. The molecule has 2 N–H and O–H groups in total. The van der Waals surface area contributed by atoms with E-state index >= 15 is 0 Å². The van der Waals surface area contributed by atoms with E-state index in [-0.39, 0.29) is 0 Å². The lowest BCUT2D eigenvalue weighted by atomic mass is 10.1. The van der Waals surface area contributed by atoms with E-state index in [4.69, 9.17) is 10.7 Å². The zero-order valence-corrected chi connectivity index (χ0v) is 16.3. The lowest BCUT2D eigenvalue weighted by molar-refractivity contribution is 0.247. The van der Waals surface area contributed by atoms with Crippen LogP contribution in [0.15, 0.2) is 73.2 Å². The molecule has 0 bridgehead atoms. The number of nitrogens with zero attached hydrogens (tertiary/aromatic N) is 5. The molecule has 1 aromatic carbocycles. The van der Waals surface area contributed by atoms with Crippen molar-refractivity contribution in [3.63, 3.8) is 0 Å². The number of anilines is 2. The van der Waals surface area contributed by atoms with Gasteiger partial charge in [-0.2, -0.15) is 0 Å². The number of nitrogens with two attached hydrogens (primary N) is 1. The second-order valence-electron chi connectivity index (χ2n) is 7.44. The molecule has 1 aliphatic rings. The SMILES string of the molecule is Nc1ccc2nc(-c3cccnc3)c(CN3CCN(c4ccccc4)CC3)n2c1. The van der Waals surface area contributed by atoms with Gasteiger partial charge in [0.15, 0.2) is 0 Å². The van der Waals surface area contributed by atoms with Gasteiger partial charge in [-0.15, -0.1) is 0 Å². The highest BCUT2D eigenvalue weighted by Gasteiger charge is 2.21. The summed E-state index contributed by atoms with van der Waals surface area (Å²) in [6.45, 7) is 4.89.